The highest BCUT2D eigenvalue weighted by molar-refractivity contribution is 5.77. The van der Waals surface area contributed by atoms with E-state index in [1.807, 2.05) is 0 Å². The van der Waals surface area contributed by atoms with Gasteiger partial charge in [-0.25, -0.2) is 4.79 Å². The molecule has 0 radical (unpaired) electrons. The number of rotatable bonds is 33. The number of nitrogens with one attached hydrogen (secondary N) is 5. The highest BCUT2D eigenvalue weighted by Crippen LogP contribution is 2.42. The van der Waals surface area contributed by atoms with Gasteiger partial charge in [0.1, 0.15) is 213 Å². The van der Waals surface area contributed by atoms with Crippen molar-refractivity contribution in [3.8, 4) is 0 Å². The summed E-state index contributed by atoms with van der Waals surface area (Å²) >= 11 is 0. The summed E-state index contributed by atoms with van der Waals surface area (Å²) in [5, 5.41) is 303. The smallest absolute Gasteiger partial charge is 0.364 e. The molecule has 0 aromatic heterocycles. The minimum atomic E-state index is -3.31. The third kappa shape index (κ3) is 22.3. The van der Waals surface area contributed by atoms with Crippen LogP contribution in [0.2, 0.25) is 0 Å². The quantitative estimate of drug-likeness (QED) is 0.0290. The summed E-state index contributed by atoms with van der Waals surface area (Å²) in [5.41, 5.74) is 0. The maximum atomic E-state index is 13.3. The largest absolute Gasteiger partial charge is 0.477 e. The topological polar surface area (TPSA) is 845 Å². The molecule has 9 aliphatic rings. The summed E-state index contributed by atoms with van der Waals surface area (Å²) in [6.07, 6.45) is -88.5. The standard InChI is InChI=1S/C67H111N5O49/c1-16(81)68-31-21(86)6-67(66(103)104,120-53(31)36(88)22(87)7-73)121-55-40(92)26(11-77)108-63(49(55)101)116-52-29(14-80)112-61(35(45(52)97)72-20(5)85)119-57-47(99)39(91)25(10-76)110-65(57)117-54-41(93)30(15-105-64-56(46(98)38(90)24(9-75)109-64)118-59-33(70-18(3)83)42(94)37(89)23(8-74)107-59)113-62(48(54)100)115-51-28(13-79)111-60(34(44(51)96)71-19(4)84)114-50-27(12-78)106-58(102)32(43(50)95)69-17(2)82/h21-65,73-80,86-102H,6-15H2,1-5H3,(H,68,81)(H,69,82)(H,70,83)(H,71,84)(H,72,85)(H,103,104)/t21-,22+,23+,24+,25+,26+,27+,28+,29+,30+,31+,32+,33+,34+,35+,36+,37+,38+,39+,40-,41+,42+,43+,44+,45+,46-,47-,48-,49+,50+,51+,52+,53+,54-,55-,56-,57-,58-,59-,60-,61-,62-,63-,64-,65+,67-/m0/s1. The number of aliphatic carboxylic acids is 1. The number of aliphatic hydroxyl groups is 25. The molecule has 0 unspecified atom stereocenters. The van der Waals surface area contributed by atoms with Crippen LogP contribution < -0.4 is 26.6 Å². The van der Waals surface area contributed by atoms with Gasteiger partial charge in [0.15, 0.2) is 50.3 Å². The second-order valence-electron chi connectivity index (χ2n) is 30.3. The van der Waals surface area contributed by atoms with Gasteiger partial charge < -0.3 is 240 Å². The van der Waals surface area contributed by atoms with Crippen molar-refractivity contribution in [2.75, 3.05) is 59.5 Å². The molecule has 9 rings (SSSR count). The van der Waals surface area contributed by atoms with Crippen molar-refractivity contribution in [3.63, 3.8) is 0 Å². The SMILES string of the molecule is CC(=O)N[C@@H]1[C@@H](O)[C@H](O[C@@H]2O[C@H](CO)[C@@H](O[C@@H]3O[C@H](CO[C@H]4O[C@H](CO)[C@@H](O)[C@H](O)[C@@H]4O[C@@H]4O[C@H](CO)[C@@H](O)[C@H](O)[C@H]4NC(C)=O)[C@@H](O)[C@H](O[C@H]4O[C@H](CO)[C@@H](O)[C@H](O)[C@@H]4O[C@@H]4O[C@H](CO)[C@@H](O[C@@H]5O[C@H](CO)[C@H](O)[C@H](O[C@]6(C(=O)O)C[C@H](O)[C@@H](NC(C)=O)[C@H]([C@H](O)[C@H](O)CO)O6)[C@H]5O)[C@H](O)[C@H]4NC(C)=O)[C@@H]3O)[C@H](O)[C@H]2NC(C)=O)[C@@H](CO)O[C@@H]1O. The van der Waals surface area contributed by atoms with Gasteiger partial charge >= 0.3 is 5.97 Å². The first-order chi connectivity index (χ1) is 57.1. The minimum absolute atomic E-state index is 0.799. The molecule has 698 valence electrons. The van der Waals surface area contributed by atoms with E-state index < -0.39 is 383 Å². The van der Waals surface area contributed by atoms with E-state index in [0.29, 0.717) is 0 Å². The average molecular weight is 1770 g/mol. The fraction of sp³-hybridized carbons (Fsp3) is 0.910. The Morgan fingerprint density at radius 3 is 1.10 bits per heavy atom. The first-order valence-corrected chi connectivity index (χ1v) is 38.3. The molecule has 0 saturated carbocycles. The second-order valence-corrected chi connectivity index (χ2v) is 30.3. The Morgan fingerprint density at radius 2 is 0.661 bits per heavy atom. The van der Waals surface area contributed by atoms with Crippen LogP contribution in [0, 0.1) is 0 Å². The molecule has 9 saturated heterocycles. The number of carboxylic acids is 1. The van der Waals surface area contributed by atoms with Crippen molar-refractivity contribution in [3.05, 3.63) is 0 Å². The number of amides is 5. The average Bonchev–Trinajstić information content (AvgIpc) is 0.751. The molecule has 54 nitrogen and oxygen atoms in total. The summed E-state index contributed by atoms with van der Waals surface area (Å²) in [6.45, 7) is -5.78. The summed E-state index contributed by atoms with van der Waals surface area (Å²) in [6, 6.07) is -9.25. The van der Waals surface area contributed by atoms with E-state index in [1.165, 1.54) is 0 Å². The predicted octanol–water partition coefficient (Wildman–Crippen LogP) is -20.7. The molecule has 0 aromatic carbocycles. The van der Waals surface area contributed by atoms with Crippen LogP contribution in [0.25, 0.3) is 0 Å². The number of carbonyl (C=O) groups excluding carboxylic acids is 5. The molecule has 0 aliphatic carbocycles. The molecule has 9 heterocycles. The molecule has 54 heteroatoms. The Hall–Kier alpha value is -4.86. The van der Waals surface area contributed by atoms with Crippen LogP contribution in [0.5, 0.6) is 0 Å². The Kier molecular flexibility index (Phi) is 35.7. The number of carboxylic acid groups (broad SMARTS) is 1. The third-order valence-corrected chi connectivity index (χ3v) is 21.7. The molecule has 0 spiro atoms. The molecule has 46 atom stereocenters. The summed E-state index contributed by atoms with van der Waals surface area (Å²) in [4.78, 5) is 76.4. The van der Waals surface area contributed by atoms with E-state index in [4.69, 9.17) is 80.5 Å². The zero-order chi connectivity index (χ0) is 89.6. The lowest BCUT2D eigenvalue weighted by Gasteiger charge is -2.51. The van der Waals surface area contributed by atoms with Gasteiger partial charge in [-0.1, -0.05) is 0 Å². The van der Waals surface area contributed by atoms with Gasteiger partial charge in [0.2, 0.25) is 29.5 Å². The number of hydrogen-bond donors (Lipinski definition) is 31. The Balaban J connectivity index is 1.04. The summed E-state index contributed by atoms with van der Waals surface area (Å²) in [7, 11) is 0. The Morgan fingerprint density at radius 1 is 0.339 bits per heavy atom. The minimum Gasteiger partial charge on any atom is -0.477 e. The maximum Gasteiger partial charge on any atom is 0.364 e. The fourth-order valence-electron chi connectivity index (χ4n) is 15.6. The zero-order valence-electron chi connectivity index (χ0n) is 65.1. The van der Waals surface area contributed by atoms with Crippen LogP contribution in [-0.2, 0) is 109 Å². The lowest BCUT2D eigenvalue weighted by Crippen LogP contribution is -2.71. The van der Waals surface area contributed by atoms with E-state index in [9.17, 15) is 162 Å². The highest BCUT2D eigenvalue weighted by atomic mass is 16.8. The fourth-order valence-corrected chi connectivity index (χ4v) is 15.6. The number of aliphatic hydroxyl groups excluding tert-OH is 25. The lowest BCUT2D eigenvalue weighted by atomic mass is 9.88. The molecule has 0 aromatic rings. The van der Waals surface area contributed by atoms with Gasteiger partial charge in [-0.3, -0.25) is 24.0 Å². The van der Waals surface area contributed by atoms with Crippen molar-refractivity contribution < 1.29 is 242 Å². The van der Waals surface area contributed by atoms with Gasteiger partial charge in [-0.05, 0) is 0 Å². The molecule has 9 fully saturated rings. The lowest BCUT2D eigenvalue weighted by molar-refractivity contribution is -0.400. The van der Waals surface area contributed by atoms with Crippen LogP contribution >= 0.6 is 0 Å². The molecule has 31 N–H and O–H groups in total. The van der Waals surface area contributed by atoms with E-state index in [-0.39, 0.29) is 0 Å². The Labute approximate surface area is 684 Å². The van der Waals surface area contributed by atoms with Crippen molar-refractivity contribution in [1.29, 1.82) is 0 Å². The zero-order valence-corrected chi connectivity index (χ0v) is 65.1. The molecule has 0 bridgehead atoms. The van der Waals surface area contributed by atoms with Crippen LogP contribution in [-0.4, -0.2) is 509 Å². The van der Waals surface area contributed by atoms with E-state index in [0.717, 1.165) is 34.6 Å². The molecule has 121 heavy (non-hydrogen) atoms. The molecular weight excluding hydrogens is 1660 g/mol. The van der Waals surface area contributed by atoms with Gasteiger partial charge in [-0.2, -0.15) is 0 Å². The van der Waals surface area contributed by atoms with Crippen LogP contribution in [0.15, 0.2) is 0 Å². The normalized spacial score (nSPS) is 46.6. The van der Waals surface area contributed by atoms with E-state index in [1.54, 1.807) is 0 Å². The van der Waals surface area contributed by atoms with Crippen molar-refractivity contribution in [1.82, 2.24) is 26.6 Å². The van der Waals surface area contributed by atoms with Crippen molar-refractivity contribution >= 4 is 35.5 Å². The van der Waals surface area contributed by atoms with Gasteiger partial charge in [-0.15, -0.1) is 0 Å². The predicted molar refractivity (Wildman–Crippen MR) is 372 cm³/mol. The Bertz CT molecular complexity index is 3340. The number of hydrogen-bond acceptors (Lipinski definition) is 48. The van der Waals surface area contributed by atoms with Crippen LogP contribution in [0.3, 0.4) is 0 Å². The number of ether oxygens (including phenoxy) is 17. The first-order valence-electron chi connectivity index (χ1n) is 38.3. The van der Waals surface area contributed by atoms with Crippen LogP contribution in [0.4, 0.5) is 0 Å². The molecule has 9 aliphatic heterocycles. The van der Waals surface area contributed by atoms with Crippen molar-refractivity contribution in [2.45, 2.75) is 323 Å². The summed E-state index contributed by atoms with van der Waals surface area (Å²) < 4.78 is 101. The maximum absolute atomic E-state index is 13.3. The van der Waals surface area contributed by atoms with Crippen molar-refractivity contribution in [2.24, 2.45) is 0 Å². The second kappa shape index (κ2) is 43.3. The third-order valence-electron chi connectivity index (χ3n) is 21.7. The highest BCUT2D eigenvalue weighted by Gasteiger charge is 2.64. The number of carbonyl (C=O) groups is 6. The van der Waals surface area contributed by atoms with E-state index >= 15 is 0 Å². The first kappa shape index (κ1) is 99.9. The van der Waals surface area contributed by atoms with Gasteiger partial charge in [0.05, 0.1) is 71.6 Å². The molecular formula is C67H111N5O49. The molecule has 5 amide bonds. The van der Waals surface area contributed by atoms with Gasteiger partial charge in [0, 0.05) is 41.0 Å². The van der Waals surface area contributed by atoms with E-state index in [2.05, 4.69) is 26.6 Å². The van der Waals surface area contributed by atoms with Gasteiger partial charge in [0.25, 0.3) is 5.79 Å². The monoisotopic (exact) mass is 1770 g/mol. The van der Waals surface area contributed by atoms with Crippen LogP contribution in [0.1, 0.15) is 41.0 Å². The summed E-state index contributed by atoms with van der Waals surface area (Å²) in [5.74, 6) is -10.0.